The summed E-state index contributed by atoms with van der Waals surface area (Å²) < 4.78 is 18.3. The summed E-state index contributed by atoms with van der Waals surface area (Å²) in [6, 6.07) is 26.3. The molecule has 5 aromatic rings. The highest BCUT2D eigenvalue weighted by Gasteiger charge is 2.19. The zero-order valence-electron chi connectivity index (χ0n) is 31.0. The lowest BCUT2D eigenvalue weighted by atomic mass is 9.89. The standard InChI is InChI=1S/C43H45ClN4O7/c1-27(23-49)47-14-15-53-35-12-10-32(11-13-35)36-7-5-9-38(29(36)3)37-8-4-6-33(28(37)2)26-55-42-18-41(54-25-31-16-30(19-45)20-46-21-31)34(17-39(42)44)22-48-40(24-50)43(51)52/h4-13,16-18,20-21,27,40,47-50H,14-15,22-26H2,1-3H3,(H,51,52). The molecular weight excluding hydrogens is 720 g/mol. The number of aliphatic hydroxyl groups excluding tert-OH is 2. The van der Waals surface area contributed by atoms with Crippen LogP contribution < -0.4 is 24.8 Å². The van der Waals surface area contributed by atoms with E-state index in [0.29, 0.717) is 46.4 Å². The van der Waals surface area contributed by atoms with E-state index in [2.05, 4.69) is 71.9 Å². The van der Waals surface area contributed by atoms with E-state index in [4.69, 9.17) is 25.8 Å². The molecule has 0 amide bonds. The van der Waals surface area contributed by atoms with Gasteiger partial charge in [0.15, 0.2) is 0 Å². The first-order chi connectivity index (χ1) is 26.6. The van der Waals surface area contributed by atoms with Gasteiger partial charge in [0.2, 0.25) is 0 Å². The Morgan fingerprint density at radius 1 is 0.836 bits per heavy atom. The first-order valence-electron chi connectivity index (χ1n) is 17.9. The summed E-state index contributed by atoms with van der Waals surface area (Å²) in [4.78, 5) is 15.6. The number of aliphatic hydroxyl groups is 2. The van der Waals surface area contributed by atoms with E-state index in [-0.39, 0.29) is 32.4 Å². The molecule has 2 atom stereocenters. The number of nitrogens with one attached hydrogen (secondary N) is 2. The van der Waals surface area contributed by atoms with Crippen molar-refractivity contribution in [2.75, 3.05) is 26.4 Å². The molecule has 0 spiro atoms. The van der Waals surface area contributed by atoms with Crippen molar-refractivity contribution in [1.82, 2.24) is 15.6 Å². The smallest absolute Gasteiger partial charge is 0.323 e. The van der Waals surface area contributed by atoms with Crippen LogP contribution in [0.3, 0.4) is 0 Å². The van der Waals surface area contributed by atoms with E-state index in [9.17, 15) is 25.4 Å². The molecule has 0 aliphatic heterocycles. The van der Waals surface area contributed by atoms with Crippen molar-refractivity contribution in [3.05, 3.63) is 130 Å². The number of nitriles is 1. The Balaban J connectivity index is 1.34. The third kappa shape index (κ3) is 10.8. The molecule has 55 heavy (non-hydrogen) atoms. The number of rotatable bonds is 19. The Labute approximate surface area is 326 Å². The Morgan fingerprint density at radius 2 is 1.55 bits per heavy atom. The van der Waals surface area contributed by atoms with Crippen LogP contribution in [0.15, 0.2) is 91.3 Å². The van der Waals surface area contributed by atoms with Gasteiger partial charge in [-0.3, -0.25) is 15.1 Å². The average molecular weight is 765 g/mol. The van der Waals surface area contributed by atoms with E-state index >= 15 is 0 Å². The van der Waals surface area contributed by atoms with Crippen molar-refractivity contribution in [2.24, 2.45) is 0 Å². The number of aliphatic carboxylic acids is 1. The second kappa shape index (κ2) is 19.7. The first kappa shape index (κ1) is 40.7. The number of carbonyl (C=O) groups is 1. The highest BCUT2D eigenvalue weighted by molar-refractivity contribution is 6.32. The van der Waals surface area contributed by atoms with Crippen molar-refractivity contribution in [1.29, 1.82) is 5.26 Å². The molecule has 12 heteroatoms. The summed E-state index contributed by atoms with van der Waals surface area (Å²) in [5.41, 5.74) is 9.13. The van der Waals surface area contributed by atoms with Crippen molar-refractivity contribution in [2.45, 2.75) is 52.6 Å². The molecule has 1 heterocycles. The largest absolute Gasteiger partial charge is 0.492 e. The highest BCUT2D eigenvalue weighted by atomic mass is 35.5. The lowest BCUT2D eigenvalue weighted by Crippen LogP contribution is -2.39. The van der Waals surface area contributed by atoms with Gasteiger partial charge in [-0.15, -0.1) is 0 Å². The van der Waals surface area contributed by atoms with E-state index in [1.165, 1.54) is 6.20 Å². The van der Waals surface area contributed by atoms with Gasteiger partial charge in [-0.2, -0.15) is 5.26 Å². The van der Waals surface area contributed by atoms with Gasteiger partial charge in [0.05, 0.1) is 23.8 Å². The molecule has 5 rings (SSSR count). The molecule has 286 valence electrons. The number of halogens is 1. The third-order valence-electron chi connectivity index (χ3n) is 9.21. The lowest BCUT2D eigenvalue weighted by Gasteiger charge is -2.19. The molecule has 0 radical (unpaired) electrons. The molecule has 1 aromatic heterocycles. The van der Waals surface area contributed by atoms with Crippen LogP contribution in [-0.4, -0.2) is 64.7 Å². The maximum atomic E-state index is 11.5. The Hall–Kier alpha value is -5.48. The molecule has 5 N–H and O–H groups in total. The normalized spacial score (nSPS) is 12.1. The summed E-state index contributed by atoms with van der Waals surface area (Å²) in [5, 5.41) is 43.7. The molecule has 0 fully saturated rings. The zero-order valence-corrected chi connectivity index (χ0v) is 31.8. The lowest BCUT2D eigenvalue weighted by molar-refractivity contribution is -0.140. The molecular formula is C43H45ClN4O7. The third-order valence-corrected chi connectivity index (χ3v) is 9.50. The van der Waals surface area contributed by atoms with Crippen LogP contribution in [0, 0.1) is 25.2 Å². The molecule has 0 aliphatic carbocycles. The van der Waals surface area contributed by atoms with E-state index in [1.54, 1.807) is 24.4 Å². The van der Waals surface area contributed by atoms with Gasteiger partial charge in [0.1, 0.15) is 49.2 Å². The Morgan fingerprint density at radius 3 is 2.25 bits per heavy atom. The van der Waals surface area contributed by atoms with Gasteiger partial charge in [0.25, 0.3) is 0 Å². The Kier molecular flexibility index (Phi) is 14.6. The zero-order chi connectivity index (χ0) is 39.3. The first-order valence-corrected chi connectivity index (χ1v) is 18.2. The number of nitrogens with zero attached hydrogens (tertiary/aromatic N) is 2. The highest BCUT2D eigenvalue weighted by Crippen LogP contribution is 2.37. The summed E-state index contributed by atoms with van der Waals surface area (Å²) in [6.45, 7) is 7.08. The van der Waals surface area contributed by atoms with Crippen molar-refractivity contribution in [3.63, 3.8) is 0 Å². The van der Waals surface area contributed by atoms with Gasteiger partial charge in [0, 0.05) is 48.7 Å². The summed E-state index contributed by atoms with van der Waals surface area (Å²) in [7, 11) is 0. The summed E-state index contributed by atoms with van der Waals surface area (Å²) in [6.07, 6.45) is 3.06. The fraction of sp³-hybridized carbons (Fsp3) is 0.279. The second-order valence-electron chi connectivity index (χ2n) is 13.1. The van der Waals surface area contributed by atoms with Gasteiger partial charge in [-0.1, -0.05) is 60.1 Å². The fourth-order valence-corrected chi connectivity index (χ4v) is 6.25. The van der Waals surface area contributed by atoms with Gasteiger partial charge < -0.3 is 34.8 Å². The van der Waals surface area contributed by atoms with E-state index in [1.807, 2.05) is 31.2 Å². The van der Waals surface area contributed by atoms with E-state index in [0.717, 1.165) is 44.7 Å². The predicted molar refractivity (Wildman–Crippen MR) is 211 cm³/mol. The van der Waals surface area contributed by atoms with Crippen LogP contribution in [0.25, 0.3) is 22.3 Å². The molecule has 0 saturated carbocycles. The van der Waals surface area contributed by atoms with Crippen LogP contribution in [0.4, 0.5) is 0 Å². The number of hydrogen-bond acceptors (Lipinski definition) is 10. The summed E-state index contributed by atoms with van der Waals surface area (Å²) >= 11 is 6.72. The monoisotopic (exact) mass is 764 g/mol. The summed E-state index contributed by atoms with van der Waals surface area (Å²) in [5.74, 6) is 0.344. The Bertz CT molecular complexity index is 2120. The van der Waals surface area contributed by atoms with Crippen molar-refractivity contribution in [3.8, 4) is 45.6 Å². The number of carboxylic acids is 1. The molecule has 2 unspecified atom stereocenters. The fourth-order valence-electron chi connectivity index (χ4n) is 6.01. The maximum absolute atomic E-state index is 11.5. The molecule has 11 nitrogen and oxygen atoms in total. The van der Waals surface area contributed by atoms with Gasteiger partial charge in [-0.05, 0) is 84.0 Å². The van der Waals surface area contributed by atoms with E-state index < -0.39 is 18.6 Å². The quantitative estimate of drug-likeness (QED) is 0.0575. The van der Waals surface area contributed by atoms with Crippen LogP contribution >= 0.6 is 11.6 Å². The van der Waals surface area contributed by atoms with Crippen LogP contribution in [0.2, 0.25) is 5.02 Å². The maximum Gasteiger partial charge on any atom is 0.323 e. The number of carboxylic acid groups (broad SMARTS) is 1. The minimum Gasteiger partial charge on any atom is -0.492 e. The molecule has 4 aromatic carbocycles. The predicted octanol–water partition coefficient (Wildman–Crippen LogP) is 6.60. The topological polar surface area (TPSA) is 166 Å². The van der Waals surface area contributed by atoms with Crippen molar-refractivity contribution >= 4 is 17.6 Å². The minimum absolute atomic E-state index is 0.0254. The van der Waals surface area contributed by atoms with Crippen molar-refractivity contribution < 1.29 is 34.3 Å². The van der Waals surface area contributed by atoms with Crippen LogP contribution in [-0.2, 0) is 24.6 Å². The van der Waals surface area contributed by atoms with Crippen LogP contribution in [0.1, 0.15) is 40.3 Å². The minimum atomic E-state index is -1.19. The van der Waals surface area contributed by atoms with Gasteiger partial charge >= 0.3 is 5.97 Å². The number of hydrogen-bond donors (Lipinski definition) is 5. The van der Waals surface area contributed by atoms with Gasteiger partial charge in [-0.25, -0.2) is 0 Å². The molecule has 0 saturated heterocycles. The molecule has 0 bridgehead atoms. The SMILES string of the molecule is Cc1c(COc2cc(OCc3cncc(C#N)c3)c(CNC(CO)C(=O)O)cc2Cl)cccc1-c1cccc(-c2ccc(OCCNC(C)CO)cc2)c1C. The number of ether oxygens (including phenoxy) is 3. The number of aromatic nitrogens is 1. The van der Waals surface area contributed by atoms with Crippen LogP contribution in [0.5, 0.6) is 17.2 Å². The second-order valence-corrected chi connectivity index (χ2v) is 13.5. The number of pyridine rings is 1. The molecule has 0 aliphatic rings. The average Bonchev–Trinajstić information content (AvgIpc) is 3.19. The number of benzene rings is 4.